The molecular formula is C22H22N2O3. The Morgan fingerprint density at radius 3 is 2.78 bits per heavy atom. The lowest BCUT2D eigenvalue weighted by Crippen LogP contribution is -2.26. The molecule has 27 heavy (non-hydrogen) atoms. The number of aromatic nitrogens is 1. The van der Waals surface area contributed by atoms with Gasteiger partial charge in [0.2, 0.25) is 5.91 Å². The molecule has 0 saturated heterocycles. The van der Waals surface area contributed by atoms with E-state index in [-0.39, 0.29) is 5.91 Å². The molecule has 1 aliphatic heterocycles. The largest absolute Gasteiger partial charge is 0.486 e. The lowest BCUT2D eigenvalue weighted by Gasteiger charge is -2.18. The Bertz CT molecular complexity index is 950. The SMILES string of the molecule is O=C(CCc1ccc2c(c1)OCCO2)NCCc1cccc2cccnc12. The van der Waals surface area contributed by atoms with Crippen molar-refractivity contribution in [2.24, 2.45) is 0 Å². The molecule has 1 amide bonds. The highest BCUT2D eigenvalue weighted by molar-refractivity contribution is 5.81. The number of hydrogen-bond acceptors (Lipinski definition) is 4. The Morgan fingerprint density at radius 1 is 1.00 bits per heavy atom. The van der Waals surface area contributed by atoms with E-state index in [4.69, 9.17) is 9.47 Å². The molecule has 0 spiro atoms. The maximum Gasteiger partial charge on any atom is 0.220 e. The monoisotopic (exact) mass is 362 g/mol. The minimum absolute atomic E-state index is 0.0538. The summed E-state index contributed by atoms with van der Waals surface area (Å²) in [5.41, 5.74) is 3.23. The van der Waals surface area contributed by atoms with Crippen LogP contribution in [-0.4, -0.2) is 30.6 Å². The first-order chi connectivity index (χ1) is 13.3. The van der Waals surface area contributed by atoms with Gasteiger partial charge in [-0.3, -0.25) is 9.78 Å². The second-order valence-corrected chi connectivity index (χ2v) is 6.57. The highest BCUT2D eigenvalue weighted by atomic mass is 16.6. The fraction of sp³-hybridized carbons (Fsp3) is 0.273. The zero-order chi connectivity index (χ0) is 18.5. The van der Waals surface area contributed by atoms with Crippen molar-refractivity contribution in [1.29, 1.82) is 0 Å². The summed E-state index contributed by atoms with van der Waals surface area (Å²) >= 11 is 0. The van der Waals surface area contributed by atoms with Gasteiger partial charge in [0, 0.05) is 24.5 Å². The van der Waals surface area contributed by atoms with Crippen molar-refractivity contribution in [2.45, 2.75) is 19.3 Å². The Morgan fingerprint density at radius 2 is 1.85 bits per heavy atom. The van der Waals surface area contributed by atoms with Crippen molar-refractivity contribution in [1.82, 2.24) is 10.3 Å². The van der Waals surface area contributed by atoms with Crippen LogP contribution in [0.5, 0.6) is 11.5 Å². The van der Waals surface area contributed by atoms with Crippen LogP contribution in [-0.2, 0) is 17.6 Å². The summed E-state index contributed by atoms with van der Waals surface area (Å²) in [6, 6.07) is 16.0. The van der Waals surface area contributed by atoms with Gasteiger partial charge < -0.3 is 14.8 Å². The number of benzene rings is 2. The normalized spacial score (nSPS) is 12.7. The van der Waals surface area contributed by atoms with E-state index in [0.717, 1.165) is 39.9 Å². The summed E-state index contributed by atoms with van der Waals surface area (Å²) in [5, 5.41) is 4.13. The maximum atomic E-state index is 12.2. The van der Waals surface area contributed by atoms with E-state index in [1.807, 2.05) is 30.3 Å². The zero-order valence-corrected chi connectivity index (χ0v) is 15.1. The zero-order valence-electron chi connectivity index (χ0n) is 15.1. The van der Waals surface area contributed by atoms with E-state index < -0.39 is 0 Å². The molecule has 0 saturated carbocycles. The van der Waals surface area contributed by atoms with Crippen LogP contribution >= 0.6 is 0 Å². The van der Waals surface area contributed by atoms with Crippen LogP contribution < -0.4 is 14.8 Å². The number of aryl methyl sites for hydroxylation is 1. The number of para-hydroxylation sites is 1. The lowest BCUT2D eigenvalue weighted by atomic mass is 10.1. The summed E-state index contributed by atoms with van der Waals surface area (Å²) < 4.78 is 11.1. The van der Waals surface area contributed by atoms with Gasteiger partial charge in [-0.15, -0.1) is 0 Å². The Kier molecular flexibility index (Phi) is 5.19. The quantitative estimate of drug-likeness (QED) is 0.731. The number of fused-ring (bicyclic) bond motifs is 2. The topological polar surface area (TPSA) is 60.5 Å². The van der Waals surface area contributed by atoms with Gasteiger partial charge in [0.1, 0.15) is 13.2 Å². The second kappa shape index (κ2) is 8.08. The molecule has 5 nitrogen and oxygen atoms in total. The van der Waals surface area contributed by atoms with Crippen molar-refractivity contribution in [2.75, 3.05) is 19.8 Å². The number of nitrogens with zero attached hydrogens (tertiary/aromatic N) is 1. The minimum atomic E-state index is 0.0538. The molecule has 5 heteroatoms. The van der Waals surface area contributed by atoms with Gasteiger partial charge in [0.05, 0.1) is 5.52 Å². The number of nitrogens with one attached hydrogen (secondary N) is 1. The maximum absolute atomic E-state index is 12.2. The minimum Gasteiger partial charge on any atom is -0.486 e. The Labute approximate surface area is 158 Å². The summed E-state index contributed by atoms with van der Waals surface area (Å²) in [5.74, 6) is 1.60. The van der Waals surface area contributed by atoms with Gasteiger partial charge in [-0.25, -0.2) is 0 Å². The predicted octanol–water partition coefficient (Wildman–Crippen LogP) is 3.30. The molecule has 138 valence electrons. The third-order valence-electron chi connectivity index (χ3n) is 4.68. The first-order valence-corrected chi connectivity index (χ1v) is 9.27. The van der Waals surface area contributed by atoms with Crippen molar-refractivity contribution in [3.8, 4) is 11.5 Å². The summed E-state index contributed by atoms with van der Waals surface area (Å²) in [4.78, 5) is 16.6. The third-order valence-corrected chi connectivity index (χ3v) is 4.68. The van der Waals surface area contributed by atoms with Crippen LogP contribution in [0.15, 0.2) is 54.7 Å². The van der Waals surface area contributed by atoms with Crippen LogP contribution in [0.2, 0.25) is 0 Å². The van der Waals surface area contributed by atoms with E-state index in [2.05, 4.69) is 28.5 Å². The Balaban J connectivity index is 1.27. The molecule has 1 N–H and O–H groups in total. The van der Waals surface area contributed by atoms with Gasteiger partial charge in [-0.05, 0) is 42.2 Å². The molecule has 3 aromatic rings. The highest BCUT2D eigenvalue weighted by Crippen LogP contribution is 2.31. The Hall–Kier alpha value is -3.08. The number of hydrogen-bond donors (Lipinski definition) is 1. The van der Waals surface area contributed by atoms with Crippen LogP contribution in [0.25, 0.3) is 10.9 Å². The van der Waals surface area contributed by atoms with Crippen LogP contribution in [0, 0.1) is 0 Å². The molecule has 0 aliphatic carbocycles. The number of carbonyl (C=O) groups is 1. The van der Waals surface area contributed by atoms with Crippen molar-refractivity contribution in [3.63, 3.8) is 0 Å². The molecule has 1 aromatic heterocycles. The van der Waals surface area contributed by atoms with Crippen LogP contribution in [0.4, 0.5) is 0 Å². The van der Waals surface area contributed by atoms with Gasteiger partial charge in [0.25, 0.3) is 0 Å². The average molecular weight is 362 g/mol. The average Bonchev–Trinajstić information content (AvgIpc) is 2.72. The second-order valence-electron chi connectivity index (χ2n) is 6.57. The molecule has 2 heterocycles. The van der Waals surface area contributed by atoms with Crippen molar-refractivity contribution < 1.29 is 14.3 Å². The molecule has 1 aliphatic rings. The first-order valence-electron chi connectivity index (χ1n) is 9.27. The molecular weight excluding hydrogens is 340 g/mol. The number of carbonyl (C=O) groups excluding carboxylic acids is 1. The summed E-state index contributed by atoms with van der Waals surface area (Å²) in [6.07, 6.45) is 3.70. The van der Waals surface area contributed by atoms with Gasteiger partial charge in [0.15, 0.2) is 11.5 Å². The lowest BCUT2D eigenvalue weighted by molar-refractivity contribution is -0.121. The molecule has 2 aromatic carbocycles. The van der Waals surface area contributed by atoms with Crippen LogP contribution in [0.3, 0.4) is 0 Å². The predicted molar refractivity (Wildman–Crippen MR) is 104 cm³/mol. The van der Waals surface area contributed by atoms with E-state index >= 15 is 0 Å². The van der Waals surface area contributed by atoms with Crippen molar-refractivity contribution >= 4 is 16.8 Å². The third kappa shape index (κ3) is 4.19. The summed E-state index contributed by atoms with van der Waals surface area (Å²) in [6.45, 7) is 1.76. The van der Waals surface area contributed by atoms with Gasteiger partial charge in [-0.1, -0.05) is 30.3 Å². The summed E-state index contributed by atoms with van der Waals surface area (Å²) in [7, 11) is 0. The number of ether oxygens (including phenoxy) is 2. The molecule has 0 bridgehead atoms. The first kappa shape index (κ1) is 17.3. The highest BCUT2D eigenvalue weighted by Gasteiger charge is 2.12. The number of rotatable bonds is 6. The molecule has 0 fully saturated rings. The van der Waals surface area contributed by atoms with E-state index in [1.165, 1.54) is 0 Å². The fourth-order valence-electron chi connectivity index (χ4n) is 3.30. The van der Waals surface area contributed by atoms with Gasteiger partial charge >= 0.3 is 0 Å². The van der Waals surface area contributed by atoms with E-state index in [9.17, 15) is 4.79 Å². The standard InChI is InChI=1S/C22H22N2O3/c25-21(9-7-16-6-8-19-20(15-16)27-14-13-26-19)23-12-10-18-4-1-3-17-5-2-11-24-22(17)18/h1-6,8,11,15H,7,9-10,12-14H2,(H,23,25). The molecule has 0 atom stereocenters. The molecule has 0 unspecified atom stereocenters. The van der Waals surface area contributed by atoms with Gasteiger partial charge in [-0.2, -0.15) is 0 Å². The smallest absolute Gasteiger partial charge is 0.220 e. The molecule has 0 radical (unpaired) electrons. The molecule has 4 rings (SSSR count). The number of amides is 1. The van der Waals surface area contributed by atoms with E-state index in [0.29, 0.717) is 32.6 Å². The number of pyridine rings is 1. The van der Waals surface area contributed by atoms with E-state index in [1.54, 1.807) is 6.20 Å². The fourth-order valence-corrected chi connectivity index (χ4v) is 3.30. The van der Waals surface area contributed by atoms with Crippen molar-refractivity contribution in [3.05, 3.63) is 65.9 Å². The van der Waals surface area contributed by atoms with Crippen LogP contribution in [0.1, 0.15) is 17.5 Å².